The first-order valence-electron chi connectivity index (χ1n) is 2.70. The minimum atomic E-state index is -0.231. The van der Waals surface area contributed by atoms with Gasteiger partial charge in [-0.25, -0.2) is 0 Å². The molecule has 0 aliphatic heterocycles. The number of aliphatic hydroxyl groups is 1. The van der Waals surface area contributed by atoms with Crippen molar-refractivity contribution < 1.29 is 9.90 Å². The third kappa shape index (κ3) is 3.67. The lowest BCUT2D eigenvalue weighted by atomic mass is 10.1. The first-order chi connectivity index (χ1) is 4.39. The van der Waals surface area contributed by atoms with Gasteiger partial charge in [0.1, 0.15) is 6.79 Å². The summed E-state index contributed by atoms with van der Waals surface area (Å²) < 4.78 is 0. The monoisotopic (exact) mass is 126 g/mol. The molecule has 2 nitrogen and oxygen atoms in total. The molecule has 0 amide bonds. The van der Waals surface area contributed by atoms with Crippen molar-refractivity contribution in [3.8, 4) is 0 Å². The number of aliphatic hydroxyl groups excluding tert-OH is 1. The van der Waals surface area contributed by atoms with E-state index in [2.05, 4.69) is 0 Å². The van der Waals surface area contributed by atoms with Gasteiger partial charge in [0, 0.05) is 0 Å². The van der Waals surface area contributed by atoms with E-state index in [0.717, 1.165) is 6.42 Å². The van der Waals surface area contributed by atoms with E-state index in [1.165, 1.54) is 0 Å². The Kier molecular flexibility index (Phi) is 4.73. The summed E-state index contributed by atoms with van der Waals surface area (Å²) in [6.07, 6.45) is 8.06. The van der Waals surface area contributed by atoms with Gasteiger partial charge in [-0.1, -0.05) is 24.3 Å². The molecule has 0 saturated heterocycles. The van der Waals surface area contributed by atoms with Crippen molar-refractivity contribution in [2.75, 3.05) is 0 Å². The highest BCUT2D eigenvalue weighted by Crippen LogP contribution is 2.00. The van der Waals surface area contributed by atoms with Crippen LogP contribution in [0.5, 0.6) is 0 Å². The molecule has 1 aliphatic carbocycles. The van der Waals surface area contributed by atoms with Gasteiger partial charge in [-0.15, -0.1) is 0 Å². The largest absolute Gasteiger partial charge is 0.389 e. The predicted molar refractivity (Wildman–Crippen MR) is 36.0 cm³/mol. The molecule has 9 heavy (non-hydrogen) atoms. The van der Waals surface area contributed by atoms with Crippen LogP contribution in [0.3, 0.4) is 0 Å². The SMILES string of the molecule is C=O.OC1C=CC=CC1. The third-order valence-corrected chi connectivity index (χ3v) is 0.958. The van der Waals surface area contributed by atoms with Gasteiger partial charge in [0.05, 0.1) is 6.10 Å². The molecule has 0 saturated carbocycles. The van der Waals surface area contributed by atoms with E-state index >= 15 is 0 Å². The summed E-state index contributed by atoms with van der Waals surface area (Å²) in [5, 5.41) is 8.77. The third-order valence-electron chi connectivity index (χ3n) is 0.958. The van der Waals surface area contributed by atoms with Crippen LogP contribution in [-0.2, 0) is 4.79 Å². The minimum Gasteiger partial charge on any atom is -0.389 e. The summed E-state index contributed by atoms with van der Waals surface area (Å²) in [5.41, 5.74) is 0. The van der Waals surface area contributed by atoms with Crippen LogP contribution in [0.25, 0.3) is 0 Å². The maximum Gasteiger partial charge on any atom is 0.106 e. The summed E-state index contributed by atoms with van der Waals surface area (Å²) in [4.78, 5) is 8.00. The quantitative estimate of drug-likeness (QED) is 0.518. The van der Waals surface area contributed by atoms with Crippen molar-refractivity contribution in [3.63, 3.8) is 0 Å². The first kappa shape index (κ1) is 8.11. The fourth-order valence-electron chi connectivity index (χ4n) is 0.568. The molecule has 1 N–H and O–H groups in total. The molecular formula is C7H10O2. The highest BCUT2D eigenvalue weighted by atomic mass is 16.3. The molecule has 0 radical (unpaired) electrons. The Morgan fingerprint density at radius 3 is 2.33 bits per heavy atom. The van der Waals surface area contributed by atoms with E-state index in [-0.39, 0.29) is 6.10 Å². The van der Waals surface area contributed by atoms with Crippen LogP contribution < -0.4 is 0 Å². The Bertz CT molecular complexity index is 116. The molecule has 0 aromatic heterocycles. The van der Waals surface area contributed by atoms with E-state index in [1.807, 2.05) is 25.0 Å². The maximum absolute atomic E-state index is 8.77. The molecule has 0 aromatic rings. The Hall–Kier alpha value is -0.890. The standard InChI is InChI=1S/C6H8O.CH2O/c7-6-4-2-1-3-5-6;1-2/h1-4,6-7H,5H2;1H2. The summed E-state index contributed by atoms with van der Waals surface area (Å²) >= 11 is 0. The fraction of sp³-hybridized carbons (Fsp3) is 0.286. The van der Waals surface area contributed by atoms with Gasteiger partial charge in [0.15, 0.2) is 0 Å². The zero-order chi connectivity index (χ0) is 7.11. The average Bonchev–Trinajstić information content (AvgIpc) is 1.94. The second-order valence-corrected chi connectivity index (χ2v) is 1.62. The van der Waals surface area contributed by atoms with Crippen LogP contribution >= 0.6 is 0 Å². The molecule has 0 spiro atoms. The molecule has 1 rings (SSSR count). The van der Waals surface area contributed by atoms with Crippen molar-refractivity contribution in [3.05, 3.63) is 24.3 Å². The summed E-state index contributed by atoms with van der Waals surface area (Å²) in [6, 6.07) is 0. The van der Waals surface area contributed by atoms with Crippen LogP contribution in [0.1, 0.15) is 6.42 Å². The molecule has 50 valence electrons. The lowest BCUT2D eigenvalue weighted by Crippen LogP contribution is -2.00. The zero-order valence-corrected chi connectivity index (χ0v) is 5.16. The van der Waals surface area contributed by atoms with Crippen molar-refractivity contribution in [2.24, 2.45) is 0 Å². The lowest BCUT2D eigenvalue weighted by molar-refractivity contribution is -0.0979. The van der Waals surface area contributed by atoms with Gasteiger partial charge < -0.3 is 9.90 Å². The molecular weight excluding hydrogens is 116 g/mol. The summed E-state index contributed by atoms with van der Waals surface area (Å²) in [6.45, 7) is 2.00. The predicted octanol–water partition coefficient (Wildman–Crippen LogP) is 0.679. The van der Waals surface area contributed by atoms with Crippen molar-refractivity contribution >= 4 is 6.79 Å². The highest BCUT2D eigenvalue weighted by Gasteiger charge is 1.95. The fourth-order valence-corrected chi connectivity index (χ4v) is 0.568. The minimum absolute atomic E-state index is 0.231. The highest BCUT2D eigenvalue weighted by molar-refractivity contribution is 5.11. The van der Waals surface area contributed by atoms with Gasteiger partial charge in [-0.2, -0.15) is 0 Å². The van der Waals surface area contributed by atoms with Crippen LogP contribution in [0.15, 0.2) is 24.3 Å². The summed E-state index contributed by atoms with van der Waals surface area (Å²) in [7, 11) is 0. The van der Waals surface area contributed by atoms with Crippen LogP contribution in [0.2, 0.25) is 0 Å². The number of hydrogen-bond donors (Lipinski definition) is 1. The molecule has 0 bridgehead atoms. The number of hydrogen-bond acceptors (Lipinski definition) is 2. The lowest BCUT2D eigenvalue weighted by Gasteiger charge is -2.01. The Labute approximate surface area is 54.5 Å². The van der Waals surface area contributed by atoms with E-state index in [9.17, 15) is 0 Å². The molecule has 1 aliphatic rings. The number of allylic oxidation sites excluding steroid dienone is 2. The molecule has 0 aromatic carbocycles. The Balaban J connectivity index is 0.000000291. The van der Waals surface area contributed by atoms with Gasteiger partial charge in [0.25, 0.3) is 0 Å². The molecule has 1 atom stereocenters. The van der Waals surface area contributed by atoms with Gasteiger partial charge in [-0.3, -0.25) is 0 Å². The van der Waals surface area contributed by atoms with Crippen molar-refractivity contribution in [2.45, 2.75) is 12.5 Å². The first-order valence-corrected chi connectivity index (χ1v) is 2.70. The molecule has 2 heteroatoms. The number of rotatable bonds is 0. The van der Waals surface area contributed by atoms with Gasteiger partial charge in [0.2, 0.25) is 0 Å². The number of carbonyl (C=O) groups excluding carboxylic acids is 1. The zero-order valence-electron chi connectivity index (χ0n) is 5.16. The average molecular weight is 126 g/mol. The Morgan fingerprint density at radius 2 is 2.11 bits per heavy atom. The van der Waals surface area contributed by atoms with Crippen molar-refractivity contribution in [1.82, 2.24) is 0 Å². The van der Waals surface area contributed by atoms with Crippen LogP contribution in [-0.4, -0.2) is 18.0 Å². The van der Waals surface area contributed by atoms with Crippen molar-refractivity contribution in [1.29, 1.82) is 0 Å². The van der Waals surface area contributed by atoms with E-state index in [0.29, 0.717) is 0 Å². The number of carbonyl (C=O) groups is 1. The summed E-state index contributed by atoms with van der Waals surface area (Å²) in [5.74, 6) is 0. The second kappa shape index (κ2) is 5.25. The molecule has 0 fully saturated rings. The van der Waals surface area contributed by atoms with Gasteiger partial charge in [-0.05, 0) is 6.42 Å². The Morgan fingerprint density at radius 1 is 1.44 bits per heavy atom. The second-order valence-electron chi connectivity index (χ2n) is 1.62. The van der Waals surface area contributed by atoms with Crippen LogP contribution in [0, 0.1) is 0 Å². The topological polar surface area (TPSA) is 37.3 Å². The maximum atomic E-state index is 8.77. The van der Waals surface area contributed by atoms with Gasteiger partial charge >= 0.3 is 0 Å². The van der Waals surface area contributed by atoms with E-state index in [1.54, 1.807) is 6.08 Å². The molecule has 1 unspecified atom stereocenters. The van der Waals surface area contributed by atoms with E-state index < -0.39 is 0 Å². The smallest absolute Gasteiger partial charge is 0.106 e. The normalized spacial score (nSPS) is 22.6. The van der Waals surface area contributed by atoms with E-state index in [4.69, 9.17) is 9.90 Å². The molecule has 0 heterocycles. The van der Waals surface area contributed by atoms with Crippen LogP contribution in [0.4, 0.5) is 0 Å².